The molecule has 0 saturated heterocycles. The number of nitrogens with zero attached hydrogens (tertiary/aromatic N) is 1. The van der Waals surface area contributed by atoms with Crippen LogP contribution in [0.25, 0.3) is 0 Å². The second kappa shape index (κ2) is 14.1. The van der Waals surface area contributed by atoms with Gasteiger partial charge in [-0.15, -0.1) is 0 Å². The maximum absolute atomic E-state index is 12.9. The highest BCUT2D eigenvalue weighted by atomic mass is 16.6. The molecule has 0 spiro atoms. The van der Waals surface area contributed by atoms with Crippen LogP contribution in [0.5, 0.6) is 0 Å². The molecule has 4 aromatic rings. The Hall–Kier alpha value is -5.29. The minimum atomic E-state index is -1.76. The van der Waals surface area contributed by atoms with Gasteiger partial charge in [0.05, 0.1) is 16.7 Å². The van der Waals surface area contributed by atoms with Crippen LogP contribution in [0.4, 0.5) is 0 Å². The highest BCUT2D eigenvalue weighted by Crippen LogP contribution is 2.23. The summed E-state index contributed by atoms with van der Waals surface area (Å²) in [6.07, 6.45) is -1.01. The maximum Gasteiger partial charge on any atom is 0.338 e. The number of nitrogens with one attached hydrogen (secondary N) is 1. The van der Waals surface area contributed by atoms with E-state index in [0.29, 0.717) is 0 Å². The van der Waals surface area contributed by atoms with Gasteiger partial charge in [-0.25, -0.2) is 19.2 Å². The molecule has 0 bridgehead atoms. The Balaban J connectivity index is 1.64. The van der Waals surface area contributed by atoms with Crippen LogP contribution in [0.2, 0.25) is 0 Å². The lowest BCUT2D eigenvalue weighted by molar-refractivity contribution is -0.197. The van der Waals surface area contributed by atoms with Crippen molar-refractivity contribution in [3.63, 3.8) is 0 Å². The summed E-state index contributed by atoms with van der Waals surface area (Å²) in [6.45, 7) is 2.07. The predicted octanol–water partition coefficient (Wildman–Crippen LogP) is 3.55. The number of rotatable bonds is 12. The van der Waals surface area contributed by atoms with E-state index in [4.69, 9.17) is 18.9 Å². The summed E-state index contributed by atoms with van der Waals surface area (Å²) in [7, 11) is 0. The molecular formula is C32H30N2O9. The first kappa shape index (κ1) is 30.7. The van der Waals surface area contributed by atoms with Crippen LogP contribution in [0, 0.1) is 0 Å². The number of esters is 3. The molecule has 1 aromatic heterocycles. The Labute approximate surface area is 246 Å². The molecule has 11 heteroatoms. The van der Waals surface area contributed by atoms with Crippen LogP contribution >= 0.6 is 0 Å². The molecule has 0 aliphatic rings. The Kier molecular flexibility index (Phi) is 10.0. The number of aromatic amines is 1. The molecule has 0 aliphatic heterocycles. The normalized spacial score (nSPS) is 13.6. The number of hydrogen-bond donors (Lipinski definition) is 1. The zero-order chi connectivity index (χ0) is 30.8. The number of carbonyl (C=O) groups excluding carboxylic acids is 3. The third-order valence-electron chi connectivity index (χ3n) is 6.43. The molecule has 4 rings (SSSR count). The van der Waals surface area contributed by atoms with Gasteiger partial charge in [-0.3, -0.25) is 14.3 Å². The van der Waals surface area contributed by atoms with E-state index in [1.165, 1.54) is 20.0 Å². The minimum absolute atomic E-state index is 0.261. The van der Waals surface area contributed by atoms with E-state index >= 15 is 0 Å². The van der Waals surface area contributed by atoms with Crippen molar-refractivity contribution in [2.45, 2.75) is 31.8 Å². The van der Waals surface area contributed by atoms with E-state index < -0.39 is 60.3 Å². The van der Waals surface area contributed by atoms with Crippen LogP contribution in [0.1, 0.15) is 44.9 Å². The predicted molar refractivity (Wildman–Crippen MR) is 155 cm³/mol. The Bertz CT molecular complexity index is 1650. The molecule has 0 radical (unpaired) electrons. The van der Waals surface area contributed by atoms with Gasteiger partial charge >= 0.3 is 23.6 Å². The largest absolute Gasteiger partial charge is 0.459 e. The lowest BCUT2D eigenvalue weighted by atomic mass is 10.1. The van der Waals surface area contributed by atoms with Gasteiger partial charge < -0.3 is 18.9 Å². The SMILES string of the molecule is C[C@H](OC(=O)c1ccccc1)[C@@H](COC(=O)c1ccccc1)O[C@](C)(COC(=O)c1ccccc1)n1ccc(=O)[nH]c1=O. The molecule has 222 valence electrons. The van der Waals surface area contributed by atoms with Crippen molar-refractivity contribution in [2.24, 2.45) is 0 Å². The fourth-order valence-corrected chi connectivity index (χ4v) is 4.10. The first-order chi connectivity index (χ1) is 20.7. The first-order valence-electron chi connectivity index (χ1n) is 13.4. The number of benzene rings is 3. The molecule has 0 fully saturated rings. The van der Waals surface area contributed by atoms with Crippen LogP contribution in [-0.4, -0.2) is 52.9 Å². The van der Waals surface area contributed by atoms with Crippen molar-refractivity contribution in [1.82, 2.24) is 9.55 Å². The van der Waals surface area contributed by atoms with Crippen LogP contribution in [-0.2, 0) is 24.7 Å². The molecule has 0 aliphatic carbocycles. The Morgan fingerprint density at radius 1 is 0.744 bits per heavy atom. The highest BCUT2D eigenvalue weighted by molar-refractivity contribution is 5.90. The quantitative estimate of drug-likeness (QED) is 0.195. The summed E-state index contributed by atoms with van der Waals surface area (Å²) >= 11 is 0. The Morgan fingerprint density at radius 3 is 1.74 bits per heavy atom. The standard InChI is InChI=1S/C32H30N2O9/c1-22(42-30(38)25-16-10-5-11-17-25)26(20-40-28(36)23-12-6-3-7-13-23)43-32(2,34-19-18-27(35)33-31(34)39)21-41-29(37)24-14-8-4-9-15-24/h3-19,22,26H,20-21H2,1-2H3,(H,33,35,39)/t22-,26+,32+/m0/s1. The van der Waals surface area contributed by atoms with Gasteiger partial charge in [0.2, 0.25) is 0 Å². The van der Waals surface area contributed by atoms with Crippen molar-refractivity contribution in [2.75, 3.05) is 13.2 Å². The van der Waals surface area contributed by atoms with Crippen LogP contribution in [0.15, 0.2) is 113 Å². The summed E-state index contributed by atoms with van der Waals surface area (Å²) in [5.74, 6) is -2.01. The molecule has 3 aromatic carbocycles. The molecule has 11 nitrogen and oxygen atoms in total. The van der Waals surface area contributed by atoms with Crippen molar-refractivity contribution >= 4 is 17.9 Å². The molecule has 1 N–H and O–H groups in total. The third kappa shape index (κ3) is 8.14. The van der Waals surface area contributed by atoms with Crippen molar-refractivity contribution < 1.29 is 33.3 Å². The smallest absolute Gasteiger partial charge is 0.338 e. The second-order valence-electron chi connectivity index (χ2n) is 9.69. The zero-order valence-corrected chi connectivity index (χ0v) is 23.5. The molecular weight excluding hydrogens is 556 g/mol. The fraction of sp³-hybridized carbons (Fsp3) is 0.219. The third-order valence-corrected chi connectivity index (χ3v) is 6.43. The van der Waals surface area contributed by atoms with Gasteiger partial charge in [-0.2, -0.15) is 0 Å². The summed E-state index contributed by atoms with van der Waals surface area (Å²) in [4.78, 5) is 65.3. The number of ether oxygens (including phenoxy) is 4. The van der Waals surface area contributed by atoms with Gasteiger partial charge in [0, 0.05) is 12.3 Å². The lowest BCUT2D eigenvalue weighted by Crippen LogP contribution is -2.51. The molecule has 43 heavy (non-hydrogen) atoms. The maximum atomic E-state index is 12.9. The number of hydrogen-bond acceptors (Lipinski definition) is 9. The molecule has 0 unspecified atom stereocenters. The summed E-state index contributed by atoms with van der Waals surface area (Å²) < 4.78 is 24.1. The first-order valence-corrected chi connectivity index (χ1v) is 13.4. The van der Waals surface area contributed by atoms with E-state index in [1.54, 1.807) is 91.0 Å². The van der Waals surface area contributed by atoms with E-state index in [9.17, 15) is 24.0 Å². The van der Waals surface area contributed by atoms with Gasteiger partial charge in [0.25, 0.3) is 5.56 Å². The van der Waals surface area contributed by atoms with Crippen molar-refractivity contribution in [3.8, 4) is 0 Å². The molecule has 0 amide bonds. The van der Waals surface area contributed by atoms with Gasteiger partial charge in [0.1, 0.15) is 25.4 Å². The molecule has 3 atom stereocenters. The van der Waals surface area contributed by atoms with Crippen molar-refractivity contribution in [3.05, 3.63) is 141 Å². The molecule has 0 saturated carbocycles. The van der Waals surface area contributed by atoms with Gasteiger partial charge in [-0.1, -0.05) is 54.6 Å². The average molecular weight is 587 g/mol. The van der Waals surface area contributed by atoms with E-state index in [-0.39, 0.29) is 16.7 Å². The number of H-pyrrole nitrogens is 1. The van der Waals surface area contributed by atoms with Crippen LogP contribution in [0.3, 0.4) is 0 Å². The second-order valence-corrected chi connectivity index (χ2v) is 9.69. The summed E-state index contributed by atoms with van der Waals surface area (Å²) in [5, 5.41) is 0. The van der Waals surface area contributed by atoms with E-state index in [0.717, 1.165) is 10.6 Å². The topological polar surface area (TPSA) is 143 Å². The van der Waals surface area contributed by atoms with Crippen LogP contribution < -0.4 is 11.2 Å². The fourth-order valence-electron chi connectivity index (χ4n) is 4.10. The Morgan fingerprint density at radius 2 is 1.23 bits per heavy atom. The minimum Gasteiger partial charge on any atom is -0.459 e. The number of carbonyl (C=O) groups is 3. The zero-order valence-electron chi connectivity index (χ0n) is 23.5. The van der Waals surface area contributed by atoms with Gasteiger partial charge in [0.15, 0.2) is 5.72 Å². The number of aromatic nitrogens is 2. The average Bonchev–Trinajstić information content (AvgIpc) is 3.02. The lowest BCUT2D eigenvalue weighted by Gasteiger charge is -2.36. The highest BCUT2D eigenvalue weighted by Gasteiger charge is 2.38. The van der Waals surface area contributed by atoms with E-state index in [1.807, 2.05) is 0 Å². The van der Waals surface area contributed by atoms with Crippen molar-refractivity contribution in [1.29, 1.82) is 0 Å². The summed E-state index contributed by atoms with van der Waals surface area (Å²) in [6, 6.07) is 25.8. The molecule has 1 heterocycles. The van der Waals surface area contributed by atoms with E-state index in [2.05, 4.69) is 4.98 Å². The monoisotopic (exact) mass is 586 g/mol. The van der Waals surface area contributed by atoms with Gasteiger partial charge in [-0.05, 0) is 50.2 Å². The summed E-state index contributed by atoms with van der Waals surface area (Å²) in [5.41, 5.74) is -2.43.